The summed E-state index contributed by atoms with van der Waals surface area (Å²) < 4.78 is 4.47. The molecule has 0 saturated carbocycles. The Morgan fingerprint density at radius 3 is 2.10 bits per heavy atom. The molecule has 0 aliphatic carbocycles. The van der Waals surface area contributed by atoms with Crippen LogP contribution in [-0.2, 0) is 23.9 Å². The topological polar surface area (TPSA) is 155 Å². The number of hydrogen-bond acceptors (Lipinski definition) is 8. The van der Waals surface area contributed by atoms with Crippen LogP contribution in [0.3, 0.4) is 0 Å². The number of ether oxygens (including phenoxy) is 1. The lowest BCUT2D eigenvalue weighted by molar-refractivity contribution is -0.135. The van der Waals surface area contributed by atoms with E-state index >= 15 is 0 Å². The molecule has 0 aliphatic rings. The fourth-order valence-corrected chi connectivity index (χ4v) is 2.68. The number of carbonyl (C=O) groups excluding carboxylic acids is 5. The molecule has 0 aromatic carbocycles. The van der Waals surface area contributed by atoms with Crippen molar-refractivity contribution < 1.29 is 28.7 Å². The van der Waals surface area contributed by atoms with Crippen molar-refractivity contribution in [3.05, 3.63) is 0 Å². The van der Waals surface area contributed by atoms with Crippen molar-refractivity contribution in [2.75, 3.05) is 26.7 Å². The predicted octanol–water partition coefficient (Wildman–Crippen LogP) is 1.29. The second kappa shape index (κ2) is 19.3. The van der Waals surface area contributed by atoms with Gasteiger partial charge in [-0.1, -0.05) is 37.2 Å². The van der Waals surface area contributed by atoms with E-state index in [2.05, 4.69) is 25.5 Å². The third kappa shape index (κ3) is 15.0. The molecule has 3 N–H and O–H groups in total. The molecule has 0 saturated heterocycles. The van der Waals surface area contributed by atoms with Crippen LogP contribution < -0.4 is 16.1 Å². The first-order valence-corrected chi connectivity index (χ1v) is 10.1. The van der Waals surface area contributed by atoms with Gasteiger partial charge in [-0.05, 0) is 25.7 Å². The van der Waals surface area contributed by atoms with Crippen LogP contribution in [-0.4, -0.2) is 56.8 Å². The normalized spacial score (nSPS) is 10.7. The predicted molar refractivity (Wildman–Crippen MR) is 108 cm³/mol. The van der Waals surface area contributed by atoms with Crippen LogP contribution in [0.25, 0.3) is 0 Å². The Balaban J connectivity index is 4.17. The Morgan fingerprint density at radius 1 is 0.833 bits per heavy atom. The van der Waals surface area contributed by atoms with Crippen molar-refractivity contribution in [1.82, 2.24) is 16.1 Å². The summed E-state index contributed by atoms with van der Waals surface area (Å²) in [7, 11) is 1.31. The average molecular weight is 425 g/mol. The molecule has 11 nitrogen and oxygen atoms in total. The van der Waals surface area contributed by atoms with Gasteiger partial charge in [0, 0.05) is 13.1 Å². The molecule has 0 heterocycles. The van der Waals surface area contributed by atoms with Crippen LogP contribution in [0.15, 0.2) is 10.1 Å². The Labute approximate surface area is 176 Å². The van der Waals surface area contributed by atoms with Gasteiger partial charge in [0.15, 0.2) is 0 Å². The fourth-order valence-electron chi connectivity index (χ4n) is 2.68. The summed E-state index contributed by atoms with van der Waals surface area (Å²) in [5.74, 6) is -2.00. The van der Waals surface area contributed by atoms with Crippen molar-refractivity contribution in [1.29, 1.82) is 0 Å². The van der Waals surface area contributed by atoms with Crippen molar-refractivity contribution >= 4 is 30.1 Å². The number of carbonyl (C=O) groups is 3. The number of methoxy groups -OCH3 is 1. The minimum atomic E-state index is -0.945. The van der Waals surface area contributed by atoms with E-state index < -0.39 is 23.8 Å². The largest absolute Gasteiger partial charge is 0.453 e. The number of aliphatic imine (C=N–C) groups is 1. The highest BCUT2D eigenvalue weighted by Gasteiger charge is 2.25. The van der Waals surface area contributed by atoms with Crippen LogP contribution in [0.4, 0.5) is 4.79 Å². The summed E-state index contributed by atoms with van der Waals surface area (Å²) in [6, 6.07) is 0. The van der Waals surface area contributed by atoms with Gasteiger partial charge in [0.1, 0.15) is 5.92 Å². The number of amides is 3. The van der Waals surface area contributed by atoms with E-state index in [1.807, 2.05) is 5.43 Å². The lowest BCUT2D eigenvalue weighted by Gasteiger charge is -2.15. The van der Waals surface area contributed by atoms with E-state index in [4.69, 9.17) is 0 Å². The molecular formula is C19H31N5O6. The second-order valence-electron chi connectivity index (χ2n) is 6.53. The molecule has 0 radical (unpaired) electrons. The van der Waals surface area contributed by atoms with Gasteiger partial charge in [0.25, 0.3) is 12.0 Å². The molecule has 11 heteroatoms. The van der Waals surface area contributed by atoms with E-state index in [-0.39, 0.29) is 0 Å². The van der Waals surface area contributed by atoms with Crippen LogP contribution in [0.5, 0.6) is 0 Å². The number of alkyl carbamates (subject to hydrolysis) is 1. The summed E-state index contributed by atoms with van der Waals surface area (Å²) in [6.45, 7) is 1.37. The van der Waals surface area contributed by atoms with Crippen LogP contribution in [0, 0.1) is 5.92 Å². The molecule has 30 heavy (non-hydrogen) atoms. The highest BCUT2D eigenvalue weighted by molar-refractivity contribution is 6.00. The molecule has 0 spiro atoms. The first-order valence-electron chi connectivity index (χ1n) is 10.1. The lowest BCUT2D eigenvalue weighted by Crippen LogP contribution is -2.40. The van der Waals surface area contributed by atoms with E-state index in [0.29, 0.717) is 32.5 Å². The maximum atomic E-state index is 12.4. The summed E-state index contributed by atoms with van der Waals surface area (Å²) in [5.41, 5.74) is 2.02. The fraction of sp³-hybridized carbons (Fsp3) is 0.737. The second-order valence-corrected chi connectivity index (χ2v) is 6.53. The minimum Gasteiger partial charge on any atom is -0.453 e. The molecule has 0 rings (SSSR count). The van der Waals surface area contributed by atoms with Crippen LogP contribution in [0.1, 0.15) is 57.8 Å². The summed E-state index contributed by atoms with van der Waals surface area (Å²) in [5, 5.41) is 8.37. The zero-order valence-corrected chi connectivity index (χ0v) is 17.4. The Hall–Kier alpha value is -3.03. The first kappa shape index (κ1) is 27.0. The smallest absolute Gasteiger partial charge is 0.406 e. The van der Waals surface area contributed by atoms with Gasteiger partial charge in [-0.25, -0.2) is 24.8 Å². The van der Waals surface area contributed by atoms with Crippen molar-refractivity contribution in [2.45, 2.75) is 57.8 Å². The molecule has 0 fully saturated rings. The van der Waals surface area contributed by atoms with Gasteiger partial charge in [0.05, 0.1) is 13.7 Å². The zero-order chi connectivity index (χ0) is 22.5. The highest BCUT2D eigenvalue weighted by atomic mass is 16.5. The number of rotatable bonds is 17. The molecule has 3 amide bonds. The number of isocyanates is 2. The van der Waals surface area contributed by atoms with E-state index in [1.165, 1.54) is 19.3 Å². The van der Waals surface area contributed by atoms with Gasteiger partial charge in [0.2, 0.25) is 12.0 Å². The minimum absolute atomic E-state index is 0.322. The van der Waals surface area contributed by atoms with Crippen molar-refractivity contribution in [3.8, 4) is 0 Å². The Kier molecular flexibility index (Phi) is 17.3. The van der Waals surface area contributed by atoms with E-state index in [0.717, 1.165) is 44.9 Å². The van der Waals surface area contributed by atoms with E-state index in [9.17, 15) is 24.0 Å². The van der Waals surface area contributed by atoms with Crippen LogP contribution >= 0.6 is 0 Å². The molecule has 1 atom stereocenters. The zero-order valence-electron chi connectivity index (χ0n) is 17.4. The molecule has 0 aromatic rings. The number of hydrogen-bond donors (Lipinski definition) is 3. The third-order valence-corrected chi connectivity index (χ3v) is 4.28. The molecule has 1 unspecified atom stereocenters. The van der Waals surface area contributed by atoms with Crippen molar-refractivity contribution in [3.63, 3.8) is 0 Å². The SMILES string of the molecule is COC(=O)NCCCCCCNC(=O)C(CCCCCCN=C=O)C(=O)NN=C=O. The van der Waals surface area contributed by atoms with Gasteiger partial charge < -0.3 is 15.4 Å². The molecule has 0 bridgehead atoms. The average Bonchev–Trinajstić information content (AvgIpc) is 2.75. The Bertz CT molecular complexity index is 615. The molecule has 0 aromatic heterocycles. The number of nitrogens with one attached hydrogen (secondary N) is 3. The quantitative estimate of drug-likeness (QED) is 0.105. The summed E-state index contributed by atoms with van der Waals surface area (Å²) in [6.07, 6.45) is 8.80. The van der Waals surface area contributed by atoms with E-state index in [1.54, 1.807) is 0 Å². The van der Waals surface area contributed by atoms with Crippen molar-refractivity contribution in [2.24, 2.45) is 16.0 Å². The highest BCUT2D eigenvalue weighted by Crippen LogP contribution is 2.12. The third-order valence-electron chi connectivity index (χ3n) is 4.28. The van der Waals surface area contributed by atoms with Gasteiger partial charge >= 0.3 is 6.09 Å². The molecule has 0 aliphatic heterocycles. The van der Waals surface area contributed by atoms with Gasteiger partial charge in [-0.15, -0.1) is 0 Å². The number of hydrazone groups is 1. The summed E-state index contributed by atoms with van der Waals surface area (Å²) in [4.78, 5) is 59.0. The maximum Gasteiger partial charge on any atom is 0.406 e. The monoisotopic (exact) mass is 425 g/mol. The Morgan fingerprint density at radius 2 is 1.47 bits per heavy atom. The van der Waals surface area contributed by atoms with Gasteiger partial charge in [-0.3, -0.25) is 9.59 Å². The lowest BCUT2D eigenvalue weighted by atomic mass is 9.99. The first-order chi connectivity index (χ1) is 14.6. The number of unbranched alkanes of at least 4 members (excludes halogenated alkanes) is 6. The number of nitrogens with zero attached hydrogens (tertiary/aromatic N) is 2. The summed E-state index contributed by atoms with van der Waals surface area (Å²) >= 11 is 0. The van der Waals surface area contributed by atoms with Crippen LogP contribution in [0.2, 0.25) is 0 Å². The maximum absolute atomic E-state index is 12.4. The molecular weight excluding hydrogens is 394 g/mol. The molecule has 168 valence electrons. The standard InChI is InChI=1S/C19H31N5O6/c1-30-19(29)22-13-9-5-4-8-12-21-17(27)16(18(28)24-23-15-26)10-6-2-3-7-11-20-14-25/h16H,2-13H2,1H3,(H,21,27)(H,22,29)(H,24,28). The van der Waals surface area contributed by atoms with Gasteiger partial charge in [-0.2, -0.15) is 0 Å².